The summed E-state index contributed by atoms with van der Waals surface area (Å²) in [6.07, 6.45) is 1.82. The molecule has 5 heterocycles. The Morgan fingerprint density at radius 1 is 1.22 bits per heavy atom. The number of ether oxygens (including phenoxy) is 1. The third kappa shape index (κ3) is 7.46. The fraction of sp³-hybridized carbons (Fsp3) is 0.323. The van der Waals surface area contributed by atoms with Crippen molar-refractivity contribution in [1.82, 2.24) is 24.6 Å². The van der Waals surface area contributed by atoms with Crippen LogP contribution in [0.4, 0.5) is 15.9 Å². The summed E-state index contributed by atoms with van der Waals surface area (Å²) in [6.45, 7) is 2.63. The second kappa shape index (κ2) is 14.4. The number of fused-ring (bicyclic) bond motifs is 2. The number of carbonyl (C=O) groups is 3. The van der Waals surface area contributed by atoms with Gasteiger partial charge in [-0.1, -0.05) is 12.1 Å². The van der Waals surface area contributed by atoms with Crippen LogP contribution in [0.2, 0.25) is 0 Å². The average molecular weight is 639 g/mol. The number of hydrogen-bond donors (Lipinski definition) is 5. The highest BCUT2D eigenvalue weighted by Crippen LogP contribution is 2.36. The SMILES string of the molecule is CN(C)Cc1nc(Nc2ccc(-c3cnc4cc(F)ccn34)c3c2C(=O)NC3)ccc1[C@@H]1CCOC1.O.O=C(O)C[C@H](O)C(=O)O. The molecular weight excluding hydrogens is 603 g/mol. The van der Waals surface area contributed by atoms with Crippen molar-refractivity contribution in [2.45, 2.75) is 38.0 Å². The summed E-state index contributed by atoms with van der Waals surface area (Å²) in [5, 5.41) is 30.5. The van der Waals surface area contributed by atoms with Crippen LogP contribution in [0.3, 0.4) is 0 Å². The minimum atomic E-state index is -1.79. The van der Waals surface area contributed by atoms with Crippen molar-refractivity contribution in [1.29, 1.82) is 0 Å². The quantitative estimate of drug-likeness (QED) is 0.179. The number of nitrogens with one attached hydrogen (secondary N) is 2. The highest BCUT2D eigenvalue weighted by Gasteiger charge is 2.28. The Morgan fingerprint density at radius 2 is 2.00 bits per heavy atom. The molecule has 6 rings (SSSR count). The van der Waals surface area contributed by atoms with Gasteiger partial charge in [0.2, 0.25) is 0 Å². The number of aliphatic carboxylic acids is 2. The Labute approximate surface area is 262 Å². The Bertz CT molecular complexity index is 1750. The largest absolute Gasteiger partial charge is 0.481 e. The molecule has 7 N–H and O–H groups in total. The van der Waals surface area contributed by atoms with Gasteiger partial charge in [0.25, 0.3) is 5.91 Å². The van der Waals surface area contributed by atoms with E-state index in [4.69, 9.17) is 25.0 Å². The molecule has 3 aromatic heterocycles. The van der Waals surface area contributed by atoms with Crippen molar-refractivity contribution in [2.24, 2.45) is 0 Å². The fourth-order valence-corrected chi connectivity index (χ4v) is 5.40. The maximum Gasteiger partial charge on any atom is 0.333 e. The van der Waals surface area contributed by atoms with Crippen LogP contribution >= 0.6 is 0 Å². The predicted octanol–water partition coefficient (Wildman–Crippen LogP) is 2.17. The van der Waals surface area contributed by atoms with Gasteiger partial charge in [-0.2, -0.15) is 0 Å². The number of carboxylic acid groups (broad SMARTS) is 2. The number of amides is 1. The predicted molar refractivity (Wildman–Crippen MR) is 164 cm³/mol. The van der Waals surface area contributed by atoms with Crippen molar-refractivity contribution in [3.05, 3.63) is 77.0 Å². The fourth-order valence-electron chi connectivity index (χ4n) is 5.40. The van der Waals surface area contributed by atoms with E-state index < -0.39 is 24.5 Å². The Morgan fingerprint density at radius 3 is 2.65 bits per heavy atom. The maximum absolute atomic E-state index is 13.7. The number of aromatic nitrogens is 3. The number of hydrogen-bond acceptors (Lipinski definition) is 9. The van der Waals surface area contributed by atoms with Gasteiger partial charge >= 0.3 is 11.9 Å². The lowest BCUT2D eigenvalue weighted by atomic mass is 9.96. The summed E-state index contributed by atoms with van der Waals surface area (Å²) in [5.74, 6) is -2.28. The first-order valence-electron chi connectivity index (χ1n) is 14.2. The minimum Gasteiger partial charge on any atom is -0.481 e. The molecule has 0 saturated carbocycles. The van der Waals surface area contributed by atoms with E-state index in [1.54, 1.807) is 12.4 Å². The van der Waals surface area contributed by atoms with E-state index in [0.29, 0.717) is 41.7 Å². The highest BCUT2D eigenvalue weighted by molar-refractivity contribution is 6.06. The maximum atomic E-state index is 13.7. The van der Waals surface area contributed by atoms with Crippen LogP contribution in [0.25, 0.3) is 16.9 Å². The number of benzene rings is 1. The van der Waals surface area contributed by atoms with Crippen LogP contribution in [-0.2, 0) is 27.4 Å². The molecular formula is C31H35FN6O8. The van der Waals surface area contributed by atoms with E-state index in [9.17, 15) is 18.8 Å². The average Bonchev–Trinajstić information content (AvgIpc) is 3.74. The number of carboxylic acids is 2. The van der Waals surface area contributed by atoms with Gasteiger partial charge in [-0.15, -0.1) is 0 Å². The van der Waals surface area contributed by atoms with Crippen molar-refractivity contribution < 1.29 is 44.3 Å². The zero-order valence-corrected chi connectivity index (χ0v) is 25.2. The van der Waals surface area contributed by atoms with Crippen LogP contribution in [0, 0.1) is 5.82 Å². The summed E-state index contributed by atoms with van der Waals surface area (Å²) < 4.78 is 21.1. The van der Waals surface area contributed by atoms with Gasteiger partial charge in [0.15, 0.2) is 6.10 Å². The molecule has 0 spiro atoms. The topological polar surface area (TPSA) is 210 Å². The number of carbonyl (C=O) groups excluding carboxylic acids is 1. The van der Waals surface area contributed by atoms with Gasteiger partial charge in [0.05, 0.1) is 41.9 Å². The molecule has 14 nitrogen and oxygen atoms in total. The summed E-state index contributed by atoms with van der Waals surface area (Å²) in [6, 6.07) is 10.8. The lowest BCUT2D eigenvalue weighted by Crippen LogP contribution is -2.22. The number of imidazole rings is 1. The number of pyridine rings is 2. The molecule has 1 amide bonds. The molecule has 1 aromatic carbocycles. The van der Waals surface area contributed by atoms with Gasteiger partial charge in [-0.05, 0) is 49.8 Å². The van der Waals surface area contributed by atoms with Crippen LogP contribution in [0.5, 0.6) is 0 Å². The lowest BCUT2D eigenvalue weighted by Gasteiger charge is -2.19. The van der Waals surface area contributed by atoms with Gasteiger partial charge in [0.1, 0.15) is 17.3 Å². The number of anilines is 2. The smallest absolute Gasteiger partial charge is 0.333 e. The van der Waals surface area contributed by atoms with Crippen molar-refractivity contribution in [3.63, 3.8) is 0 Å². The van der Waals surface area contributed by atoms with Crippen molar-refractivity contribution in [2.75, 3.05) is 32.6 Å². The van der Waals surface area contributed by atoms with E-state index in [2.05, 4.69) is 26.6 Å². The highest BCUT2D eigenvalue weighted by atomic mass is 19.1. The molecule has 4 aromatic rings. The van der Waals surface area contributed by atoms with E-state index in [-0.39, 0.29) is 17.2 Å². The first-order chi connectivity index (χ1) is 21.5. The normalized spacial score (nSPS) is 15.8. The molecule has 2 aliphatic rings. The van der Waals surface area contributed by atoms with Crippen LogP contribution in [0.1, 0.15) is 45.9 Å². The molecule has 2 atom stereocenters. The van der Waals surface area contributed by atoms with Crippen molar-refractivity contribution in [3.8, 4) is 11.3 Å². The standard InChI is InChI=1S/C27H27FN6O2.C4H6O5.H2O/c1-33(2)14-22-18(16-8-10-36-15-16)4-6-24(32-22)31-21-5-3-19(20-12-30-27(35)26(20)21)23-13-29-25-11-17(28)7-9-34(23)25;5-2(4(8)9)1-3(6)7;/h3-7,9,11,13,16H,8,10,12,14-15H2,1-2H3,(H,30,35)(H,31,32);2,5H,1H2,(H,6,7)(H,8,9);1H2/t16-;2-;/m10./s1. The summed E-state index contributed by atoms with van der Waals surface area (Å²) >= 11 is 0. The number of aliphatic hydroxyl groups is 1. The third-order valence-corrected chi connectivity index (χ3v) is 7.48. The molecule has 0 bridgehead atoms. The Hall–Kier alpha value is -4.96. The van der Waals surface area contributed by atoms with Crippen LogP contribution in [-0.4, -0.2) is 91.3 Å². The second-order valence-electron chi connectivity index (χ2n) is 11.0. The molecule has 15 heteroatoms. The molecule has 244 valence electrons. The molecule has 0 radical (unpaired) electrons. The Kier molecular flexibility index (Phi) is 10.6. The number of aliphatic hydroxyl groups excluding tert-OH is 1. The number of rotatable bonds is 9. The van der Waals surface area contributed by atoms with E-state index in [1.807, 2.05) is 36.7 Å². The van der Waals surface area contributed by atoms with Gasteiger partial charge in [-0.3, -0.25) is 14.0 Å². The zero-order chi connectivity index (χ0) is 32.2. The first-order valence-corrected chi connectivity index (χ1v) is 14.2. The van der Waals surface area contributed by atoms with Gasteiger partial charge in [0, 0.05) is 43.4 Å². The summed E-state index contributed by atoms with van der Waals surface area (Å²) in [5.41, 5.74) is 6.60. The lowest BCUT2D eigenvalue weighted by molar-refractivity contribution is -0.152. The van der Waals surface area contributed by atoms with Gasteiger partial charge < -0.3 is 41.1 Å². The molecule has 1 saturated heterocycles. The van der Waals surface area contributed by atoms with Crippen molar-refractivity contribution >= 4 is 35.0 Å². The van der Waals surface area contributed by atoms with E-state index in [0.717, 1.165) is 42.1 Å². The molecule has 1 fully saturated rings. The first kappa shape index (κ1) is 33.9. The van der Waals surface area contributed by atoms with Crippen LogP contribution in [0.15, 0.2) is 48.8 Å². The minimum absolute atomic E-state index is 0. The summed E-state index contributed by atoms with van der Waals surface area (Å²) in [7, 11) is 4.06. The van der Waals surface area contributed by atoms with Crippen LogP contribution < -0.4 is 10.6 Å². The Balaban J connectivity index is 0.000000423. The molecule has 0 unspecified atom stereocenters. The zero-order valence-electron chi connectivity index (χ0n) is 25.2. The molecule has 2 aliphatic heterocycles. The number of nitrogens with zero attached hydrogens (tertiary/aromatic N) is 4. The van der Waals surface area contributed by atoms with E-state index in [1.165, 1.54) is 17.7 Å². The summed E-state index contributed by atoms with van der Waals surface area (Å²) in [4.78, 5) is 43.7. The van der Waals surface area contributed by atoms with E-state index >= 15 is 0 Å². The number of halogens is 1. The monoisotopic (exact) mass is 638 g/mol. The third-order valence-electron chi connectivity index (χ3n) is 7.48. The second-order valence-corrected chi connectivity index (χ2v) is 11.0. The molecule has 0 aliphatic carbocycles. The molecule has 46 heavy (non-hydrogen) atoms. The van der Waals surface area contributed by atoms with Gasteiger partial charge in [-0.25, -0.2) is 19.2 Å².